The number of hydrogen-bond donors (Lipinski definition) is 3. The molecule has 3 nitrogen and oxygen atoms in total. The summed E-state index contributed by atoms with van der Waals surface area (Å²) in [7, 11) is 0. The van der Waals surface area contributed by atoms with Gasteiger partial charge in [-0.3, -0.25) is 0 Å². The van der Waals surface area contributed by atoms with Crippen LogP contribution >= 0.6 is 0 Å². The molecule has 3 N–H and O–H groups in total. The quantitative estimate of drug-likeness (QED) is 0.579. The van der Waals surface area contributed by atoms with Gasteiger partial charge < -0.3 is 10.7 Å². The van der Waals surface area contributed by atoms with Gasteiger partial charge in [0.1, 0.15) is 5.82 Å². The Balaban J connectivity index is 1.64. The van der Waals surface area contributed by atoms with Crippen molar-refractivity contribution in [2.45, 2.75) is 57.0 Å². The summed E-state index contributed by atoms with van der Waals surface area (Å²) in [5.74, 6) is 3.24. The Morgan fingerprint density at radius 2 is 1.81 bits per heavy atom. The minimum Gasteiger partial charge on any atom is -0.364 e. The van der Waals surface area contributed by atoms with Gasteiger partial charge in [0.2, 0.25) is 0 Å². The molecule has 0 radical (unpaired) electrons. The zero-order valence-electron chi connectivity index (χ0n) is 9.76. The number of rotatable bonds is 0. The fourth-order valence-corrected chi connectivity index (χ4v) is 4.31. The van der Waals surface area contributed by atoms with Crippen molar-refractivity contribution in [1.82, 2.24) is 16.2 Å². The van der Waals surface area contributed by atoms with Crippen molar-refractivity contribution in [2.75, 3.05) is 0 Å². The molecule has 4 rings (SSSR count). The second-order valence-electron chi connectivity index (χ2n) is 5.91. The molecule has 2 fully saturated rings. The van der Waals surface area contributed by atoms with Crippen LogP contribution in [0.15, 0.2) is 11.4 Å². The standard InChI is InChI=1S/C13H21N3/c1-2-6-9-8(4-1)5-3-7-10-11-12(9)14-13(11)16-15-10/h8-10,12,14-16H,1-7H2. The summed E-state index contributed by atoms with van der Waals surface area (Å²) in [4.78, 5) is 0. The maximum absolute atomic E-state index is 3.65. The Kier molecular flexibility index (Phi) is 1.98. The third-order valence-corrected chi connectivity index (χ3v) is 5.13. The van der Waals surface area contributed by atoms with E-state index in [4.69, 9.17) is 0 Å². The predicted molar refractivity (Wildman–Crippen MR) is 63.3 cm³/mol. The van der Waals surface area contributed by atoms with Crippen LogP contribution in [0.1, 0.15) is 44.9 Å². The van der Waals surface area contributed by atoms with Crippen LogP contribution in [0.3, 0.4) is 0 Å². The Bertz CT molecular complexity index is 336. The minimum atomic E-state index is 0.629. The van der Waals surface area contributed by atoms with E-state index in [1.54, 1.807) is 5.57 Å². The molecule has 4 atom stereocenters. The molecule has 2 saturated carbocycles. The smallest absolute Gasteiger partial charge is 0.117 e. The molecule has 0 saturated heterocycles. The van der Waals surface area contributed by atoms with Crippen LogP contribution in [0.2, 0.25) is 0 Å². The van der Waals surface area contributed by atoms with Gasteiger partial charge in [-0.1, -0.05) is 32.1 Å². The topological polar surface area (TPSA) is 36.1 Å². The highest BCUT2D eigenvalue weighted by atomic mass is 15.5. The largest absolute Gasteiger partial charge is 0.364 e. The molecule has 4 aliphatic rings. The van der Waals surface area contributed by atoms with E-state index in [0.717, 1.165) is 11.8 Å². The molecule has 0 aromatic heterocycles. The van der Waals surface area contributed by atoms with Crippen molar-refractivity contribution in [3.63, 3.8) is 0 Å². The van der Waals surface area contributed by atoms with E-state index in [2.05, 4.69) is 16.2 Å². The molecule has 0 spiro atoms. The fraction of sp³-hybridized carbons (Fsp3) is 0.846. The van der Waals surface area contributed by atoms with E-state index >= 15 is 0 Å². The zero-order valence-corrected chi connectivity index (χ0v) is 9.76. The van der Waals surface area contributed by atoms with E-state index < -0.39 is 0 Å². The van der Waals surface area contributed by atoms with E-state index in [-0.39, 0.29) is 0 Å². The lowest BCUT2D eigenvalue weighted by Gasteiger charge is -2.45. The third-order valence-electron chi connectivity index (χ3n) is 5.13. The lowest BCUT2D eigenvalue weighted by molar-refractivity contribution is 0.163. The molecule has 0 amide bonds. The summed E-state index contributed by atoms with van der Waals surface area (Å²) in [5.41, 5.74) is 8.40. The average molecular weight is 219 g/mol. The van der Waals surface area contributed by atoms with Crippen molar-refractivity contribution in [2.24, 2.45) is 11.8 Å². The molecular weight excluding hydrogens is 198 g/mol. The lowest BCUT2D eigenvalue weighted by atomic mass is 9.67. The number of hydrogen-bond acceptors (Lipinski definition) is 3. The van der Waals surface area contributed by atoms with Crippen molar-refractivity contribution in [3.8, 4) is 0 Å². The maximum atomic E-state index is 3.65. The van der Waals surface area contributed by atoms with Gasteiger partial charge in [-0.2, -0.15) is 0 Å². The van der Waals surface area contributed by atoms with Crippen LogP contribution in [0.4, 0.5) is 0 Å². The molecule has 88 valence electrons. The molecule has 2 heterocycles. The molecule has 0 aromatic carbocycles. The van der Waals surface area contributed by atoms with Crippen LogP contribution in [-0.2, 0) is 0 Å². The van der Waals surface area contributed by atoms with Gasteiger partial charge in [-0.05, 0) is 24.7 Å². The Morgan fingerprint density at radius 1 is 0.938 bits per heavy atom. The van der Waals surface area contributed by atoms with E-state index in [1.165, 1.54) is 50.8 Å². The first-order valence-corrected chi connectivity index (χ1v) is 6.95. The second kappa shape index (κ2) is 3.39. The van der Waals surface area contributed by atoms with Gasteiger partial charge in [0.25, 0.3) is 0 Å². The van der Waals surface area contributed by atoms with E-state index in [9.17, 15) is 0 Å². The summed E-state index contributed by atoms with van der Waals surface area (Å²) < 4.78 is 0. The molecular formula is C13H21N3. The number of fused-ring (bicyclic) bond motifs is 2. The highest BCUT2D eigenvalue weighted by molar-refractivity contribution is 5.38. The van der Waals surface area contributed by atoms with Crippen molar-refractivity contribution < 1.29 is 0 Å². The second-order valence-corrected chi connectivity index (χ2v) is 5.91. The normalized spacial score (nSPS) is 45.5. The molecule has 4 unspecified atom stereocenters. The van der Waals surface area contributed by atoms with Gasteiger partial charge in [0, 0.05) is 5.57 Å². The highest BCUT2D eigenvalue weighted by Crippen LogP contribution is 2.44. The van der Waals surface area contributed by atoms with Gasteiger partial charge in [0.15, 0.2) is 0 Å². The first kappa shape index (κ1) is 9.34. The van der Waals surface area contributed by atoms with Crippen LogP contribution in [0.25, 0.3) is 0 Å². The summed E-state index contributed by atoms with van der Waals surface area (Å²) in [6.45, 7) is 0. The zero-order chi connectivity index (χ0) is 10.5. The minimum absolute atomic E-state index is 0.629. The molecule has 2 aliphatic heterocycles. The van der Waals surface area contributed by atoms with Crippen LogP contribution in [-0.4, -0.2) is 12.1 Å². The Hall–Kier alpha value is -0.700. The van der Waals surface area contributed by atoms with Crippen LogP contribution < -0.4 is 16.2 Å². The van der Waals surface area contributed by atoms with Gasteiger partial charge in [-0.25, -0.2) is 5.43 Å². The summed E-state index contributed by atoms with van der Waals surface area (Å²) >= 11 is 0. The maximum Gasteiger partial charge on any atom is 0.117 e. The fourth-order valence-electron chi connectivity index (χ4n) is 4.31. The third kappa shape index (κ3) is 1.18. The van der Waals surface area contributed by atoms with Crippen LogP contribution in [0, 0.1) is 11.8 Å². The molecule has 0 bridgehead atoms. The summed E-state index contributed by atoms with van der Waals surface area (Å²) in [6, 6.07) is 1.33. The highest BCUT2D eigenvalue weighted by Gasteiger charge is 2.46. The monoisotopic (exact) mass is 219 g/mol. The van der Waals surface area contributed by atoms with Gasteiger partial charge in [0.05, 0.1) is 12.1 Å². The number of hydrazine groups is 1. The van der Waals surface area contributed by atoms with E-state index in [1.807, 2.05) is 0 Å². The first-order valence-electron chi connectivity index (χ1n) is 6.95. The lowest BCUT2D eigenvalue weighted by Crippen LogP contribution is -2.52. The van der Waals surface area contributed by atoms with Gasteiger partial charge >= 0.3 is 0 Å². The summed E-state index contributed by atoms with van der Waals surface area (Å²) in [5, 5.41) is 3.65. The van der Waals surface area contributed by atoms with Crippen molar-refractivity contribution in [1.29, 1.82) is 0 Å². The Morgan fingerprint density at radius 3 is 2.81 bits per heavy atom. The molecule has 0 aromatic rings. The first-order chi connectivity index (χ1) is 7.93. The molecule has 2 aliphatic carbocycles. The van der Waals surface area contributed by atoms with Crippen molar-refractivity contribution in [3.05, 3.63) is 11.4 Å². The number of nitrogens with one attached hydrogen (secondary N) is 3. The summed E-state index contributed by atoms with van der Waals surface area (Å²) in [6.07, 6.45) is 10.1. The predicted octanol–water partition coefficient (Wildman–Crippen LogP) is 1.64. The van der Waals surface area contributed by atoms with Crippen molar-refractivity contribution >= 4 is 0 Å². The molecule has 3 heteroatoms. The Labute approximate surface area is 97.0 Å². The van der Waals surface area contributed by atoms with Gasteiger partial charge in [-0.15, -0.1) is 0 Å². The SMILES string of the molecule is C1CCC2C(C1)CCCC1NNC3=C1C2N3. The van der Waals surface area contributed by atoms with Crippen LogP contribution in [0.5, 0.6) is 0 Å². The van der Waals surface area contributed by atoms with E-state index in [0.29, 0.717) is 12.1 Å². The molecule has 16 heavy (non-hydrogen) atoms. The average Bonchev–Trinajstić information content (AvgIpc) is 2.56.